The Hall–Kier alpha value is -0.300. The first-order chi connectivity index (χ1) is 7.24. The van der Waals surface area contributed by atoms with Crippen molar-refractivity contribution in [1.29, 1.82) is 0 Å². The summed E-state index contributed by atoms with van der Waals surface area (Å²) >= 11 is 0. The van der Waals surface area contributed by atoms with Crippen molar-refractivity contribution in [2.75, 3.05) is 6.54 Å². The van der Waals surface area contributed by atoms with Crippen LogP contribution in [0.25, 0.3) is 0 Å². The van der Waals surface area contributed by atoms with Gasteiger partial charge in [-0.2, -0.15) is 0 Å². The van der Waals surface area contributed by atoms with Crippen molar-refractivity contribution < 1.29 is 0 Å². The molecule has 1 heteroatoms. The van der Waals surface area contributed by atoms with Crippen molar-refractivity contribution >= 4 is 0 Å². The minimum absolute atomic E-state index is 0.666. The van der Waals surface area contributed by atoms with Crippen molar-refractivity contribution in [3.05, 3.63) is 11.6 Å². The van der Waals surface area contributed by atoms with E-state index in [1.807, 2.05) is 0 Å². The summed E-state index contributed by atoms with van der Waals surface area (Å²) in [5, 5.41) is 3.64. The third-order valence-electron chi connectivity index (χ3n) is 3.79. The first kappa shape index (κ1) is 12.8. The van der Waals surface area contributed by atoms with Gasteiger partial charge in [0.25, 0.3) is 0 Å². The maximum atomic E-state index is 3.64. The Labute approximate surface area is 95.3 Å². The molecule has 0 bridgehead atoms. The van der Waals surface area contributed by atoms with E-state index in [0.29, 0.717) is 6.04 Å². The van der Waals surface area contributed by atoms with Gasteiger partial charge in [0, 0.05) is 6.04 Å². The third-order valence-corrected chi connectivity index (χ3v) is 3.79. The van der Waals surface area contributed by atoms with E-state index in [0.717, 1.165) is 12.5 Å². The molecule has 0 aliphatic heterocycles. The van der Waals surface area contributed by atoms with Crippen LogP contribution in [0.1, 0.15) is 59.3 Å². The molecule has 1 aliphatic carbocycles. The van der Waals surface area contributed by atoms with Crippen LogP contribution in [0.5, 0.6) is 0 Å². The number of hydrogen-bond donors (Lipinski definition) is 1. The summed E-state index contributed by atoms with van der Waals surface area (Å²) in [6, 6.07) is 0.666. The summed E-state index contributed by atoms with van der Waals surface area (Å²) in [5.74, 6) is 0.797. The molecule has 0 aromatic rings. The molecule has 1 aliphatic rings. The summed E-state index contributed by atoms with van der Waals surface area (Å²) in [6.45, 7) is 8.07. The Morgan fingerprint density at radius 2 is 2.13 bits per heavy atom. The Morgan fingerprint density at radius 1 is 1.33 bits per heavy atom. The van der Waals surface area contributed by atoms with Crippen molar-refractivity contribution in [2.45, 2.75) is 65.3 Å². The van der Waals surface area contributed by atoms with Crippen molar-refractivity contribution in [2.24, 2.45) is 5.92 Å². The van der Waals surface area contributed by atoms with Gasteiger partial charge in [-0.25, -0.2) is 0 Å². The van der Waals surface area contributed by atoms with E-state index in [4.69, 9.17) is 0 Å². The largest absolute Gasteiger partial charge is 0.314 e. The van der Waals surface area contributed by atoms with Gasteiger partial charge in [0.15, 0.2) is 0 Å². The number of rotatable bonds is 6. The molecule has 2 atom stereocenters. The molecule has 1 nitrogen and oxygen atoms in total. The van der Waals surface area contributed by atoms with Crippen LogP contribution >= 0.6 is 0 Å². The predicted octanol–water partition coefficient (Wildman–Crippen LogP) is 3.90. The molecule has 1 N–H and O–H groups in total. The van der Waals surface area contributed by atoms with E-state index < -0.39 is 0 Å². The molecule has 88 valence electrons. The monoisotopic (exact) mass is 209 g/mol. The average molecular weight is 209 g/mol. The standard InChI is InChI=1S/C14H27N/c1-4-12(2)13(3)15-11-10-14-8-6-5-7-9-14/h8,12-13,15H,4-7,9-11H2,1-3H3. The lowest BCUT2D eigenvalue weighted by Gasteiger charge is -2.21. The average Bonchev–Trinajstić information content (AvgIpc) is 2.29. The van der Waals surface area contributed by atoms with Crippen LogP contribution in [0.4, 0.5) is 0 Å². The molecule has 0 heterocycles. The normalized spacial score (nSPS) is 20.9. The summed E-state index contributed by atoms with van der Waals surface area (Å²) in [7, 11) is 0. The Bertz CT molecular complexity index is 196. The molecule has 15 heavy (non-hydrogen) atoms. The van der Waals surface area contributed by atoms with Crippen LogP contribution in [0, 0.1) is 5.92 Å². The quantitative estimate of drug-likeness (QED) is 0.654. The van der Waals surface area contributed by atoms with Crippen LogP contribution in [-0.4, -0.2) is 12.6 Å². The summed E-state index contributed by atoms with van der Waals surface area (Å²) in [4.78, 5) is 0. The van der Waals surface area contributed by atoms with Crippen molar-refractivity contribution in [1.82, 2.24) is 5.32 Å². The van der Waals surface area contributed by atoms with E-state index in [-0.39, 0.29) is 0 Å². The topological polar surface area (TPSA) is 12.0 Å². The highest BCUT2D eigenvalue weighted by molar-refractivity contribution is 5.05. The van der Waals surface area contributed by atoms with Gasteiger partial charge >= 0.3 is 0 Å². The SMILES string of the molecule is CCC(C)C(C)NCCC1=CCCCC1. The molecule has 0 aromatic heterocycles. The first-order valence-corrected chi connectivity index (χ1v) is 6.65. The smallest absolute Gasteiger partial charge is 0.00643 e. The van der Waals surface area contributed by atoms with Gasteiger partial charge in [-0.05, 0) is 51.5 Å². The summed E-state index contributed by atoms with van der Waals surface area (Å²) < 4.78 is 0. The first-order valence-electron chi connectivity index (χ1n) is 6.65. The molecule has 0 fully saturated rings. The second-order valence-electron chi connectivity index (χ2n) is 4.99. The fourth-order valence-corrected chi connectivity index (χ4v) is 2.15. The highest BCUT2D eigenvalue weighted by Crippen LogP contribution is 2.19. The molecule has 0 saturated carbocycles. The fourth-order valence-electron chi connectivity index (χ4n) is 2.15. The number of nitrogens with one attached hydrogen (secondary N) is 1. The highest BCUT2D eigenvalue weighted by Gasteiger charge is 2.09. The Balaban J connectivity index is 2.12. The van der Waals surface area contributed by atoms with Crippen molar-refractivity contribution in [3.63, 3.8) is 0 Å². The molecular weight excluding hydrogens is 182 g/mol. The minimum Gasteiger partial charge on any atom is -0.314 e. The second-order valence-corrected chi connectivity index (χ2v) is 4.99. The number of hydrogen-bond acceptors (Lipinski definition) is 1. The second kappa shape index (κ2) is 7.05. The van der Waals surface area contributed by atoms with Gasteiger partial charge in [0.2, 0.25) is 0 Å². The van der Waals surface area contributed by atoms with Gasteiger partial charge in [-0.3, -0.25) is 0 Å². The van der Waals surface area contributed by atoms with Crippen LogP contribution in [0.3, 0.4) is 0 Å². The molecule has 0 aromatic carbocycles. The zero-order chi connectivity index (χ0) is 11.1. The summed E-state index contributed by atoms with van der Waals surface area (Å²) in [5.41, 5.74) is 1.69. The van der Waals surface area contributed by atoms with Gasteiger partial charge in [0.05, 0.1) is 0 Å². The van der Waals surface area contributed by atoms with E-state index in [1.165, 1.54) is 38.5 Å². The van der Waals surface area contributed by atoms with Crippen LogP contribution < -0.4 is 5.32 Å². The minimum atomic E-state index is 0.666. The highest BCUT2D eigenvalue weighted by atomic mass is 14.9. The van der Waals surface area contributed by atoms with Crippen molar-refractivity contribution in [3.8, 4) is 0 Å². The maximum Gasteiger partial charge on any atom is 0.00643 e. The zero-order valence-electron chi connectivity index (χ0n) is 10.7. The third kappa shape index (κ3) is 4.83. The lowest BCUT2D eigenvalue weighted by molar-refractivity contribution is 0.392. The van der Waals surface area contributed by atoms with E-state index in [2.05, 4.69) is 32.2 Å². The van der Waals surface area contributed by atoms with E-state index in [9.17, 15) is 0 Å². The summed E-state index contributed by atoms with van der Waals surface area (Å²) in [6.07, 6.45) is 10.5. The van der Waals surface area contributed by atoms with Gasteiger partial charge in [-0.15, -0.1) is 0 Å². The molecule has 0 radical (unpaired) electrons. The Kier molecular flexibility index (Phi) is 6.00. The molecule has 0 spiro atoms. The van der Waals surface area contributed by atoms with Gasteiger partial charge in [-0.1, -0.05) is 31.9 Å². The number of allylic oxidation sites excluding steroid dienone is 1. The maximum absolute atomic E-state index is 3.64. The molecule has 0 amide bonds. The molecular formula is C14H27N. The molecule has 2 unspecified atom stereocenters. The van der Waals surface area contributed by atoms with Gasteiger partial charge < -0.3 is 5.32 Å². The molecule has 0 saturated heterocycles. The fraction of sp³-hybridized carbons (Fsp3) is 0.857. The van der Waals surface area contributed by atoms with Crippen LogP contribution in [-0.2, 0) is 0 Å². The predicted molar refractivity (Wildman–Crippen MR) is 68.1 cm³/mol. The van der Waals surface area contributed by atoms with E-state index >= 15 is 0 Å². The Morgan fingerprint density at radius 3 is 2.73 bits per heavy atom. The van der Waals surface area contributed by atoms with Crippen LogP contribution in [0.2, 0.25) is 0 Å². The van der Waals surface area contributed by atoms with Gasteiger partial charge in [0.1, 0.15) is 0 Å². The lowest BCUT2D eigenvalue weighted by Crippen LogP contribution is -2.32. The lowest BCUT2D eigenvalue weighted by atomic mass is 9.96. The van der Waals surface area contributed by atoms with E-state index in [1.54, 1.807) is 5.57 Å². The molecule has 1 rings (SSSR count). The van der Waals surface area contributed by atoms with Crippen LogP contribution in [0.15, 0.2) is 11.6 Å². The zero-order valence-corrected chi connectivity index (χ0v) is 10.7.